The van der Waals surface area contributed by atoms with Crippen molar-refractivity contribution >= 4 is 5.97 Å². The average molecular weight is 285 g/mol. The number of aromatic carboxylic acids is 1. The van der Waals surface area contributed by atoms with Crippen LogP contribution in [0.5, 0.6) is 11.5 Å². The maximum Gasteiger partial charge on any atom is 0.342 e. The lowest BCUT2D eigenvalue weighted by Crippen LogP contribution is -2.04. The highest BCUT2D eigenvalue weighted by molar-refractivity contribution is 5.91. The van der Waals surface area contributed by atoms with Crippen molar-refractivity contribution in [1.82, 2.24) is 0 Å². The number of nitriles is 1. The van der Waals surface area contributed by atoms with Crippen LogP contribution in [0.2, 0.25) is 0 Å². The molecule has 0 saturated carbocycles. The molecule has 0 aliphatic carbocycles. The van der Waals surface area contributed by atoms with E-state index in [1.54, 1.807) is 26.0 Å². The van der Waals surface area contributed by atoms with Gasteiger partial charge in [-0.1, -0.05) is 6.07 Å². The largest absolute Gasteiger partial charge is 0.477 e. The van der Waals surface area contributed by atoms with Gasteiger partial charge >= 0.3 is 5.97 Å². The van der Waals surface area contributed by atoms with Crippen LogP contribution in [0.4, 0.5) is 4.39 Å². The van der Waals surface area contributed by atoms with Crippen molar-refractivity contribution in [3.8, 4) is 17.6 Å². The number of rotatable bonds is 3. The maximum absolute atomic E-state index is 13.6. The molecule has 0 unspecified atom stereocenters. The number of carboxylic acids is 1. The van der Waals surface area contributed by atoms with Gasteiger partial charge in [0, 0.05) is 0 Å². The first-order valence-corrected chi connectivity index (χ1v) is 6.15. The molecule has 0 amide bonds. The van der Waals surface area contributed by atoms with Gasteiger partial charge in [0.25, 0.3) is 0 Å². The van der Waals surface area contributed by atoms with Gasteiger partial charge in [-0.3, -0.25) is 0 Å². The molecular formula is C16H12FNO3. The minimum absolute atomic E-state index is 0.0709. The van der Waals surface area contributed by atoms with Crippen LogP contribution in [-0.4, -0.2) is 11.1 Å². The molecule has 106 valence electrons. The Morgan fingerprint density at radius 3 is 2.43 bits per heavy atom. The van der Waals surface area contributed by atoms with Crippen LogP contribution in [0, 0.1) is 31.0 Å². The minimum Gasteiger partial charge on any atom is -0.477 e. The molecule has 4 nitrogen and oxygen atoms in total. The maximum atomic E-state index is 13.6. The predicted molar refractivity (Wildman–Crippen MR) is 74.1 cm³/mol. The first-order valence-electron chi connectivity index (χ1n) is 6.15. The topological polar surface area (TPSA) is 70.3 Å². The second kappa shape index (κ2) is 5.63. The van der Waals surface area contributed by atoms with E-state index in [9.17, 15) is 9.18 Å². The molecule has 0 fully saturated rings. The Labute approximate surface area is 121 Å². The number of ether oxygens (including phenoxy) is 1. The van der Waals surface area contributed by atoms with Crippen LogP contribution >= 0.6 is 0 Å². The van der Waals surface area contributed by atoms with Gasteiger partial charge in [-0.05, 0) is 49.2 Å². The average Bonchev–Trinajstić information content (AvgIpc) is 2.42. The summed E-state index contributed by atoms with van der Waals surface area (Å²) in [4.78, 5) is 11.1. The highest BCUT2D eigenvalue weighted by Crippen LogP contribution is 2.32. The molecule has 0 saturated heterocycles. The number of benzene rings is 2. The van der Waals surface area contributed by atoms with Crippen molar-refractivity contribution < 1.29 is 19.0 Å². The van der Waals surface area contributed by atoms with Gasteiger partial charge in [0.05, 0.1) is 11.6 Å². The van der Waals surface area contributed by atoms with E-state index in [0.717, 1.165) is 6.07 Å². The van der Waals surface area contributed by atoms with Crippen molar-refractivity contribution in [2.75, 3.05) is 0 Å². The number of halogens is 1. The van der Waals surface area contributed by atoms with Gasteiger partial charge in [0.2, 0.25) is 0 Å². The van der Waals surface area contributed by atoms with Crippen LogP contribution in [0.3, 0.4) is 0 Å². The van der Waals surface area contributed by atoms with Gasteiger partial charge in [0.1, 0.15) is 22.9 Å². The molecule has 0 heterocycles. The fourth-order valence-electron chi connectivity index (χ4n) is 2.08. The summed E-state index contributed by atoms with van der Waals surface area (Å²) in [6, 6.07) is 9.12. The Morgan fingerprint density at radius 1 is 1.29 bits per heavy atom. The van der Waals surface area contributed by atoms with Crippen LogP contribution in [0.25, 0.3) is 0 Å². The zero-order chi connectivity index (χ0) is 15.6. The third-order valence-electron chi connectivity index (χ3n) is 2.99. The van der Waals surface area contributed by atoms with E-state index in [1.165, 1.54) is 12.1 Å². The molecule has 2 aromatic carbocycles. The third kappa shape index (κ3) is 2.84. The number of hydrogen-bond acceptors (Lipinski definition) is 3. The summed E-state index contributed by atoms with van der Waals surface area (Å²) >= 11 is 0. The summed E-state index contributed by atoms with van der Waals surface area (Å²) in [6.45, 7) is 3.48. The van der Waals surface area contributed by atoms with Gasteiger partial charge < -0.3 is 9.84 Å². The monoisotopic (exact) mass is 285 g/mol. The summed E-state index contributed by atoms with van der Waals surface area (Å²) < 4.78 is 19.2. The molecule has 0 spiro atoms. The van der Waals surface area contributed by atoms with Crippen molar-refractivity contribution in [1.29, 1.82) is 5.26 Å². The van der Waals surface area contributed by atoms with E-state index >= 15 is 0 Å². The van der Waals surface area contributed by atoms with E-state index in [-0.39, 0.29) is 5.75 Å². The van der Waals surface area contributed by atoms with E-state index in [2.05, 4.69) is 0 Å². The molecule has 0 atom stereocenters. The number of nitrogens with zero attached hydrogens (tertiary/aromatic N) is 1. The number of hydrogen-bond donors (Lipinski definition) is 1. The minimum atomic E-state index is -1.40. The molecular weight excluding hydrogens is 273 g/mol. The molecule has 5 heteroatoms. The fourth-order valence-corrected chi connectivity index (χ4v) is 2.08. The van der Waals surface area contributed by atoms with Crippen LogP contribution in [0.1, 0.15) is 27.0 Å². The Morgan fingerprint density at radius 2 is 1.90 bits per heavy atom. The summed E-state index contributed by atoms with van der Waals surface area (Å²) in [5.41, 5.74) is 1.31. The summed E-state index contributed by atoms with van der Waals surface area (Å²) in [5, 5.41) is 18.0. The quantitative estimate of drug-likeness (QED) is 0.931. The lowest BCUT2D eigenvalue weighted by molar-refractivity contribution is 0.0689. The lowest BCUT2D eigenvalue weighted by atomic mass is 10.1. The molecule has 1 N–H and O–H groups in total. The molecule has 2 rings (SSSR count). The standard InChI is InChI=1S/C16H12FNO3/c1-9-6-11(8-18)7-10(2)15(9)21-13-5-3-4-12(17)14(13)16(19)20/h3-7H,1-2H3,(H,19,20). The Kier molecular flexibility index (Phi) is 3.90. The molecule has 2 aromatic rings. The highest BCUT2D eigenvalue weighted by Gasteiger charge is 2.18. The zero-order valence-corrected chi connectivity index (χ0v) is 11.5. The molecule has 0 radical (unpaired) electrons. The number of carboxylic acid groups (broad SMARTS) is 1. The van der Waals surface area contributed by atoms with Crippen molar-refractivity contribution in [3.05, 3.63) is 58.4 Å². The third-order valence-corrected chi connectivity index (χ3v) is 2.99. The molecule has 21 heavy (non-hydrogen) atoms. The van der Waals surface area contributed by atoms with Crippen LogP contribution in [-0.2, 0) is 0 Å². The lowest BCUT2D eigenvalue weighted by Gasteiger charge is -2.14. The van der Waals surface area contributed by atoms with Crippen LogP contribution < -0.4 is 4.74 Å². The van der Waals surface area contributed by atoms with Crippen molar-refractivity contribution in [2.45, 2.75) is 13.8 Å². The van der Waals surface area contributed by atoms with Gasteiger partial charge in [-0.25, -0.2) is 9.18 Å². The van der Waals surface area contributed by atoms with Crippen molar-refractivity contribution in [3.63, 3.8) is 0 Å². The zero-order valence-electron chi connectivity index (χ0n) is 11.5. The Balaban J connectivity index is 2.52. The first kappa shape index (κ1) is 14.5. The van der Waals surface area contributed by atoms with Crippen LogP contribution in [0.15, 0.2) is 30.3 Å². The second-order valence-electron chi connectivity index (χ2n) is 4.57. The van der Waals surface area contributed by atoms with Gasteiger partial charge in [-0.15, -0.1) is 0 Å². The van der Waals surface area contributed by atoms with E-state index in [1.807, 2.05) is 6.07 Å². The van der Waals surface area contributed by atoms with Gasteiger partial charge in [0.15, 0.2) is 0 Å². The Hall–Kier alpha value is -2.87. The summed E-state index contributed by atoms with van der Waals surface area (Å²) in [7, 11) is 0. The molecule has 0 aromatic heterocycles. The number of aryl methyl sites for hydroxylation is 2. The van der Waals surface area contributed by atoms with Crippen molar-refractivity contribution in [2.24, 2.45) is 0 Å². The highest BCUT2D eigenvalue weighted by atomic mass is 19.1. The van der Waals surface area contributed by atoms with E-state index in [0.29, 0.717) is 22.4 Å². The second-order valence-corrected chi connectivity index (χ2v) is 4.57. The first-order chi connectivity index (χ1) is 9.93. The summed E-state index contributed by atoms with van der Waals surface area (Å²) in [6.07, 6.45) is 0. The fraction of sp³-hybridized carbons (Fsp3) is 0.125. The van der Waals surface area contributed by atoms with E-state index in [4.69, 9.17) is 15.1 Å². The normalized spacial score (nSPS) is 10.0. The predicted octanol–water partition coefficient (Wildman–Crippen LogP) is 3.80. The Bertz CT molecular complexity index is 740. The molecule has 0 aliphatic heterocycles. The summed E-state index contributed by atoms with van der Waals surface area (Å²) in [5.74, 6) is -1.91. The molecule has 0 aliphatic rings. The smallest absolute Gasteiger partial charge is 0.342 e. The van der Waals surface area contributed by atoms with E-state index < -0.39 is 17.3 Å². The molecule has 0 bridgehead atoms. The van der Waals surface area contributed by atoms with Gasteiger partial charge in [-0.2, -0.15) is 5.26 Å². The SMILES string of the molecule is Cc1cc(C#N)cc(C)c1Oc1cccc(F)c1C(=O)O. The number of carbonyl (C=O) groups is 1.